The summed E-state index contributed by atoms with van der Waals surface area (Å²) in [6.45, 7) is 1.74. The molecule has 2 atom stereocenters. The Morgan fingerprint density at radius 1 is 1.69 bits per heavy atom. The molecule has 0 spiro atoms. The zero-order chi connectivity index (χ0) is 11.7. The minimum atomic E-state index is -0.514. The molecule has 0 aliphatic carbocycles. The normalized spacial score (nSPS) is 25.1. The van der Waals surface area contributed by atoms with E-state index in [9.17, 15) is 9.59 Å². The second kappa shape index (κ2) is 4.21. The van der Waals surface area contributed by atoms with Crippen LogP contribution in [0.15, 0.2) is 22.8 Å². The van der Waals surface area contributed by atoms with Crippen LogP contribution in [0.1, 0.15) is 18.1 Å². The average Bonchev–Trinajstić information content (AvgIpc) is 2.81. The van der Waals surface area contributed by atoms with Crippen molar-refractivity contribution < 1.29 is 14.0 Å². The van der Waals surface area contributed by atoms with Crippen molar-refractivity contribution in [2.75, 3.05) is 6.54 Å². The van der Waals surface area contributed by atoms with Gasteiger partial charge in [0.15, 0.2) is 0 Å². The molecule has 16 heavy (non-hydrogen) atoms. The lowest BCUT2D eigenvalue weighted by Crippen LogP contribution is -2.37. The van der Waals surface area contributed by atoms with Crippen molar-refractivity contribution in [2.24, 2.45) is 5.73 Å². The molecule has 1 aliphatic heterocycles. The summed E-state index contributed by atoms with van der Waals surface area (Å²) >= 11 is 1.46. The van der Waals surface area contributed by atoms with E-state index in [0.717, 1.165) is 0 Å². The van der Waals surface area contributed by atoms with Gasteiger partial charge in [-0.25, -0.2) is 0 Å². The number of hydrogen-bond acceptors (Lipinski definition) is 4. The molecule has 0 saturated carbocycles. The third-order valence-electron chi connectivity index (χ3n) is 2.36. The van der Waals surface area contributed by atoms with E-state index in [4.69, 9.17) is 10.2 Å². The molecule has 86 valence electrons. The van der Waals surface area contributed by atoms with Crippen LogP contribution < -0.4 is 5.73 Å². The highest BCUT2D eigenvalue weighted by Crippen LogP contribution is 2.42. The third-order valence-corrected chi connectivity index (χ3v) is 3.71. The summed E-state index contributed by atoms with van der Waals surface area (Å²) in [5.41, 5.74) is 5.12. The van der Waals surface area contributed by atoms with Gasteiger partial charge in [0.1, 0.15) is 17.7 Å². The van der Waals surface area contributed by atoms with Gasteiger partial charge in [-0.1, -0.05) is 0 Å². The molecule has 6 heteroatoms. The molecule has 1 aromatic rings. The quantitative estimate of drug-likeness (QED) is 0.844. The molecule has 0 bridgehead atoms. The zero-order valence-corrected chi connectivity index (χ0v) is 9.57. The van der Waals surface area contributed by atoms with Gasteiger partial charge in [-0.3, -0.25) is 9.59 Å². The Morgan fingerprint density at radius 2 is 2.44 bits per heavy atom. The highest BCUT2D eigenvalue weighted by molar-refractivity contribution is 8.01. The number of nitrogens with two attached hydrogens (primary N) is 1. The largest absolute Gasteiger partial charge is 0.466 e. The van der Waals surface area contributed by atoms with Crippen molar-refractivity contribution in [3.05, 3.63) is 24.2 Å². The van der Waals surface area contributed by atoms with Gasteiger partial charge in [0.2, 0.25) is 11.8 Å². The van der Waals surface area contributed by atoms with Crippen molar-refractivity contribution in [1.29, 1.82) is 0 Å². The minimum Gasteiger partial charge on any atom is -0.466 e. The maximum absolute atomic E-state index is 11.8. The summed E-state index contributed by atoms with van der Waals surface area (Å²) in [5, 5.41) is -0.417. The van der Waals surface area contributed by atoms with Crippen LogP contribution in [0.4, 0.5) is 0 Å². The number of carbonyl (C=O) groups is 2. The molecule has 1 saturated heterocycles. The van der Waals surface area contributed by atoms with Gasteiger partial charge in [0.05, 0.1) is 11.5 Å². The topological polar surface area (TPSA) is 76.5 Å². The lowest BCUT2D eigenvalue weighted by atomic mass is 10.3. The molecule has 2 N–H and O–H groups in total. The summed E-state index contributed by atoms with van der Waals surface area (Å²) in [6, 6.07) is 3.54. The fourth-order valence-electron chi connectivity index (χ4n) is 1.66. The van der Waals surface area contributed by atoms with E-state index in [1.807, 2.05) is 6.92 Å². The number of furan rings is 1. The first-order chi connectivity index (χ1) is 7.59. The van der Waals surface area contributed by atoms with E-state index in [1.165, 1.54) is 16.7 Å². The number of hydrogen-bond donors (Lipinski definition) is 1. The Kier molecular flexibility index (Phi) is 2.91. The number of amides is 2. The van der Waals surface area contributed by atoms with Crippen LogP contribution in [0.5, 0.6) is 0 Å². The maximum atomic E-state index is 11.8. The summed E-state index contributed by atoms with van der Waals surface area (Å²) in [6.07, 6.45) is 1.55. The summed E-state index contributed by atoms with van der Waals surface area (Å²) < 4.78 is 5.26. The van der Waals surface area contributed by atoms with E-state index < -0.39 is 5.91 Å². The highest BCUT2D eigenvalue weighted by Gasteiger charge is 2.40. The zero-order valence-electron chi connectivity index (χ0n) is 8.75. The van der Waals surface area contributed by atoms with E-state index in [1.54, 1.807) is 18.4 Å². The van der Waals surface area contributed by atoms with Crippen molar-refractivity contribution in [3.63, 3.8) is 0 Å². The molecular formula is C10H12N2O3S. The molecule has 1 aliphatic rings. The van der Waals surface area contributed by atoms with Gasteiger partial charge in [0, 0.05) is 0 Å². The van der Waals surface area contributed by atoms with Crippen LogP contribution in [-0.2, 0) is 9.59 Å². The molecule has 0 aromatic carbocycles. The van der Waals surface area contributed by atoms with E-state index >= 15 is 0 Å². The fraction of sp³-hybridized carbons (Fsp3) is 0.400. The van der Waals surface area contributed by atoms with Crippen LogP contribution in [0.25, 0.3) is 0 Å². The third kappa shape index (κ3) is 1.92. The molecule has 0 radical (unpaired) electrons. The second-order valence-corrected chi connectivity index (χ2v) is 5.00. The molecule has 2 unspecified atom stereocenters. The second-order valence-electron chi connectivity index (χ2n) is 3.58. The number of primary amides is 1. The van der Waals surface area contributed by atoms with Crippen LogP contribution in [0.3, 0.4) is 0 Å². The van der Waals surface area contributed by atoms with Gasteiger partial charge < -0.3 is 15.1 Å². The van der Waals surface area contributed by atoms with Crippen molar-refractivity contribution in [2.45, 2.75) is 17.5 Å². The molecule has 1 aromatic heterocycles. The van der Waals surface area contributed by atoms with Crippen LogP contribution in [0, 0.1) is 0 Å². The standard InChI is InChI=1S/C10H12N2O3S/c1-6-9(14)12(5-8(11)13)10(16-6)7-3-2-4-15-7/h2-4,6,10H,5H2,1H3,(H2,11,13). The Hall–Kier alpha value is -1.43. The van der Waals surface area contributed by atoms with E-state index in [2.05, 4.69) is 0 Å². The Morgan fingerprint density at radius 3 is 3.00 bits per heavy atom. The number of carbonyl (C=O) groups excluding carboxylic acids is 2. The van der Waals surface area contributed by atoms with E-state index in [0.29, 0.717) is 5.76 Å². The first-order valence-electron chi connectivity index (χ1n) is 4.87. The maximum Gasteiger partial charge on any atom is 0.237 e. The number of rotatable bonds is 3. The van der Waals surface area contributed by atoms with Gasteiger partial charge in [0.25, 0.3) is 0 Å². The van der Waals surface area contributed by atoms with Crippen molar-refractivity contribution in [3.8, 4) is 0 Å². The summed E-state index contributed by atoms with van der Waals surface area (Å²) in [4.78, 5) is 24.2. The van der Waals surface area contributed by atoms with E-state index in [-0.39, 0.29) is 23.1 Å². The first-order valence-corrected chi connectivity index (χ1v) is 5.81. The number of nitrogens with zero attached hydrogens (tertiary/aromatic N) is 1. The predicted molar refractivity (Wildman–Crippen MR) is 59.4 cm³/mol. The van der Waals surface area contributed by atoms with Crippen molar-refractivity contribution in [1.82, 2.24) is 4.90 Å². The molecule has 1 fully saturated rings. The Balaban J connectivity index is 2.23. The first kappa shape index (κ1) is 11.1. The van der Waals surface area contributed by atoms with Crippen LogP contribution in [-0.4, -0.2) is 28.5 Å². The lowest BCUT2D eigenvalue weighted by Gasteiger charge is -2.20. The van der Waals surface area contributed by atoms with Gasteiger partial charge in [-0.15, -0.1) is 11.8 Å². The monoisotopic (exact) mass is 240 g/mol. The molecule has 2 heterocycles. The van der Waals surface area contributed by atoms with Crippen LogP contribution >= 0.6 is 11.8 Å². The van der Waals surface area contributed by atoms with Crippen LogP contribution in [0.2, 0.25) is 0 Å². The van der Waals surface area contributed by atoms with Gasteiger partial charge in [-0.2, -0.15) is 0 Å². The van der Waals surface area contributed by atoms with Gasteiger partial charge in [-0.05, 0) is 19.1 Å². The summed E-state index contributed by atoms with van der Waals surface area (Å²) in [7, 11) is 0. The number of thioether (sulfide) groups is 1. The molecule has 2 rings (SSSR count). The lowest BCUT2D eigenvalue weighted by molar-refractivity contribution is -0.134. The minimum absolute atomic E-state index is 0.0679. The predicted octanol–water partition coefficient (Wildman–Crippen LogP) is 0.727. The smallest absolute Gasteiger partial charge is 0.237 e. The molecular weight excluding hydrogens is 228 g/mol. The molecule has 2 amide bonds. The van der Waals surface area contributed by atoms with Gasteiger partial charge >= 0.3 is 0 Å². The fourth-order valence-corrected chi connectivity index (χ4v) is 2.89. The average molecular weight is 240 g/mol. The SMILES string of the molecule is CC1SC(c2ccco2)N(CC(N)=O)C1=O. The van der Waals surface area contributed by atoms with Crippen molar-refractivity contribution >= 4 is 23.6 Å². The highest BCUT2D eigenvalue weighted by atomic mass is 32.2. The Labute approximate surface area is 97.0 Å². The Bertz CT molecular complexity index is 404. The molecule has 5 nitrogen and oxygen atoms in total. The summed E-state index contributed by atoms with van der Waals surface area (Å²) in [5.74, 6) is 0.0776.